The molecular formula is C28H34N+. The molecule has 1 nitrogen and oxygen atoms in total. The molecule has 3 aromatic rings. The summed E-state index contributed by atoms with van der Waals surface area (Å²) >= 11 is 0. The predicted molar refractivity (Wildman–Crippen MR) is 124 cm³/mol. The van der Waals surface area contributed by atoms with Gasteiger partial charge >= 0.3 is 0 Å². The molecule has 0 N–H and O–H groups in total. The first-order valence-corrected chi connectivity index (χ1v) is 10.9. The molecule has 0 heterocycles. The van der Waals surface area contributed by atoms with Crippen molar-refractivity contribution in [3.8, 4) is 0 Å². The third-order valence-corrected chi connectivity index (χ3v) is 5.49. The Labute approximate surface area is 176 Å². The van der Waals surface area contributed by atoms with E-state index in [0.717, 1.165) is 37.0 Å². The third kappa shape index (κ3) is 7.03. The first kappa shape index (κ1) is 21.1. The Morgan fingerprint density at radius 3 is 1.38 bits per heavy atom. The average molecular weight is 385 g/mol. The molecule has 0 amide bonds. The van der Waals surface area contributed by atoms with Gasteiger partial charge in [-0.15, -0.1) is 0 Å². The van der Waals surface area contributed by atoms with Crippen LogP contribution in [0.2, 0.25) is 0 Å². The molecule has 150 valence electrons. The molecule has 0 aliphatic rings. The first-order chi connectivity index (χ1) is 14.3. The fourth-order valence-corrected chi connectivity index (χ4v) is 4.15. The van der Waals surface area contributed by atoms with Crippen LogP contribution >= 0.6 is 0 Å². The highest BCUT2D eigenvalue weighted by atomic mass is 15.3. The van der Waals surface area contributed by atoms with Crippen LogP contribution in [0.25, 0.3) is 0 Å². The van der Waals surface area contributed by atoms with Crippen LogP contribution in [0, 0.1) is 0 Å². The molecule has 0 aromatic heterocycles. The van der Waals surface area contributed by atoms with Crippen LogP contribution in [0.3, 0.4) is 0 Å². The van der Waals surface area contributed by atoms with E-state index in [0.29, 0.717) is 0 Å². The first-order valence-electron chi connectivity index (χ1n) is 10.9. The van der Waals surface area contributed by atoms with E-state index >= 15 is 0 Å². The lowest BCUT2D eigenvalue weighted by molar-refractivity contribution is -0.966. The summed E-state index contributed by atoms with van der Waals surface area (Å²) in [7, 11) is 0. The second-order valence-corrected chi connectivity index (χ2v) is 8.02. The molecule has 0 saturated heterocycles. The zero-order chi connectivity index (χ0) is 20.2. The van der Waals surface area contributed by atoms with Crippen LogP contribution in [0.1, 0.15) is 42.9 Å². The third-order valence-electron chi connectivity index (χ3n) is 5.49. The maximum Gasteiger partial charge on any atom is 0.105 e. The quantitative estimate of drug-likeness (QED) is 0.187. The van der Waals surface area contributed by atoms with E-state index in [9.17, 15) is 0 Å². The Balaban J connectivity index is 1.89. The molecule has 1 heteroatoms. The zero-order valence-corrected chi connectivity index (χ0v) is 17.7. The van der Waals surface area contributed by atoms with Gasteiger partial charge in [0.2, 0.25) is 0 Å². The topological polar surface area (TPSA) is 0 Å². The Bertz CT molecular complexity index is 736. The maximum atomic E-state index is 2.35. The second kappa shape index (κ2) is 11.4. The predicted octanol–water partition coefficient (Wildman–Crippen LogP) is 7.15. The Morgan fingerprint density at radius 2 is 1.00 bits per heavy atom. The van der Waals surface area contributed by atoms with Crippen molar-refractivity contribution in [3.05, 3.63) is 120 Å². The van der Waals surface area contributed by atoms with E-state index in [2.05, 4.69) is 110 Å². The molecule has 0 fully saturated rings. The largest absolute Gasteiger partial charge is 0.312 e. The minimum Gasteiger partial charge on any atom is -0.312 e. The van der Waals surface area contributed by atoms with Crippen molar-refractivity contribution in [1.29, 1.82) is 0 Å². The second-order valence-electron chi connectivity index (χ2n) is 8.02. The molecule has 0 aliphatic carbocycles. The molecule has 0 bridgehead atoms. The van der Waals surface area contributed by atoms with Crippen LogP contribution < -0.4 is 0 Å². The Hall–Kier alpha value is -2.64. The fourth-order valence-electron chi connectivity index (χ4n) is 4.15. The van der Waals surface area contributed by atoms with Gasteiger partial charge < -0.3 is 4.48 Å². The summed E-state index contributed by atoms with van der Waals surface area (Å²) in [5.74, 6) is 0. The van der Waals surface area contributed by atoms with Crippen molar-refractivity contribution in [2.45, 2.75) is 45.8 Å². The molecule has 0 unspecified atom stereocenters. The Kier molecular flexibility index (Phi) is 8.27. The van der Waals surface area contributed by atoms with Gasteiger partial charge in [-0.05, 0) is 12.8 Å². The van der Waals surface area contributed by atoms with Crippen LogP contribution in [0.15, 0.2) is 103 Å². The van der Waals surface area contributed by atoms with E-state index in [-0.39, 0.29) is 0 Å². The van der Waals surface area contributed by atoms with Gasteiger partial charge in [-0.25, -0.2) is 0 Å². The molecular weight excluding hydrogens is 350 g/mol. The van der Waals surface area contributed by atoms with Gasteiger partial charge in [-0.2, -0.15) is 0 Å². The number of nitrogens with zero attached hydrogens (tertiary/aromatic N) is 1. The highest BCUT2D eigenvalue weighted by molar-refractivity contribution is 5.17. The normalized spacial score (nSPS) is 11.8. The summed E-state index contributed by atoms with van der Waals surface area (Å²) in [5.41, 5.74) is 4.26. The van der Waals surface area contributed by atoms with E-state index in [4.69, 9.17) is 0 Å². The summed E-state index contributed by atoms with van der Waals surface area (Å²) in [6.07, 6.45) is 8.13. The summed E-state index contributed by atoms with van der Waals surface area (Å²) < 4.78 is 1.05. The van der Waals surface area contributed by atoms with Crippen molar-refractivity contribution in [3.63, 3.8) is 0 Å². The number of hydrogen-bond donors (Lipinski definition) is 0. The molecule has 0 aliphatic heterocycles. The van der Waals surface area contributed by atoms with Gasteiger partial charge in [0.15, 0.2) is 0 Å². The lowest BCUT2D eigenvalue weighted by Gasteiger charge is -2.39. The standard InChI is InChI=1S/C28H34N/c1-2-3-4-5-15-22-29(23-26-16-9-6-10-17-26,24-27-18-11-7-12-19-27)25-28-20-13-8-14-21-28/h3-4,6-14,16-21H,2,5,15,22-25H2,1H3/q+1/b4-3+. The summed E-state index contributed by atoms with van der Waals surface area (Å²) in [5, 5.41) is 0. The lowest BCUT2D eigenvalue weighted by Crippen LogP contribution is -2.46. The number of unbranched alkanes of at least 4 members (excludes halogenated alkanes) is 1. The van der Waals surface area contributed by atoms with Crippen molar-refractivity contribution in [1.82, 2.24) is 0 Å². The lowest BCUT2D eigenvalue weighted by atomic mass is 10.1. The van der Waals surface area contributed by atoms with Gasteiger partial charge in [0.05, 0.1) is 6.54 Å². The smallest absolute Gasteiger partial charge is 0.105 e. The van der Waals surface area contributed by atoms with E-state index < -0.39 is 0 Å². The highest BCUT2D eigenvalue weighted by Crippen LogP contribution is 2.25. The maximum absolute atomic E-state index is 2.35. The molecule has 0 radical (unpaired) electrons. The average Bonchev–Trinajstić information content (AvgIpc) is 2.76. The van der Waals surface area contributed by atoms with E-state index in [1.807, 2.05) is 0 Å². The highest BCUT2D eigenvalue weighted by Gasteiger charge is 2.28. The number of hydrogen-bond acceptors (Lipinski definition) is 0. The van der Waals surface area contributed by atoms with Crippen molar-refractivity contribution in [2.24, 2.45) is 0 Å². The van der Waals surface area contributed by atoms with Crippen LogP contribution in [0.4, 0.5) is 0 Å². The summed E-state index contributed by atoms with van der Waals surface area (Å²) in [6, 6.07) is 33.0. The number of benzene rings is 3. The zero-order valence-electron chi connectivity index (χ0n) is 17.7. The molecule has 29 heavy (non-hydrogen) atoms. The van der Waals surface area contributed by atoms with Crippen molar-refractivity contribution in [2.75, 3.05) is 6.54 Å². The van der Waals surface area contributed by atoms with Crippen LogP contribution in [-0.4, -0.2) is 11.0 Å². The van der Waals surface area contributed by atoms with Crippen molar-refractivity contribution >= 4 is 0 Å². The number of rotatable bonds is 11. The van der Waals surface area contributed by atoms with Gasteiger partial charge in [0, 0.05) is 23.1 Å². The SMILES string of the molecule is CC/C=C/CCC[N+](Cc1ccccc1)(Cc1ccccc1)Cc1ccccc1. The monoisotopic (exact) mass is 384 g/mol. The molecule has 3 aromatic carbocycles. The van der Waals surface area contributed by atoms with Crippen LogP contribution in [0.5, 0.6) is 0 Å². The Morgan fingerprint density at radius 1 is 0.586 bits per heavy atom. The number of quaternary nitrogens is 1. The summed E-state index contributed by atoms with van der Waals surface area (Å²) in [6.45, 7) is 6.55. The minimum absolute atomic E-state index is 1.05. The fraction of sp³-hybridized carbons (Fsp3) is 0.286. The van der Waals surface area contributed by atoms with Gasteiger partial charge in [0.25, 0.3) is 0 Å². The van der Waals surface area contributed by atoms with Gasteiger partial charge in [-0.3, -0.25) is 0 Å². The molecule has 3 rings (SSSR count). The number of allylic oxidation sites excluding steroid dienone is 2. The van der Waals surface area contributed by atoms with Gasteiger partial charge in [0.1, 0.15) is 19.6 Å². The minimum atomic E-state index is 1.05. The van der Waals surface area contributed by atoms with Crippen LogP contribution in [-0.2, 0) is 19.6 Å². The van der Waals surface area contributed by atoms with Crippen molar-refractivity contribution < 1.29 is 4.48 Å². The van der Waals surface area contributed by atoms with E-state index in [1.165, 1.54) is 29.7 Å². The summed E-state index contributed by atoms with van der Waals surface area (Å²) in [4.78, 5) is 0. The molecule has 0 saturated carbocycles. The van der Waals surface area contributed by atoms with Gasteiger partial charge in [-0.1, -0.05) is 110 Å². The van der Waals surface area contributed by atoms with E-state index in [1.54, 1.807) is 0 Å². The molecule has 0 spiro atoms. The molecule has 0 atom stereocenters.